The van der Waals surface area contributed by atoms with Gasteiger partial charge in [0.05, 0.1) is 182 Å². The molecular weight excluding hydrogens is 1130 g/mol. The Morgan fingerprint density at radius 2 is 1.08 bits per heavy atom. The number of rotatable bonds is 53. The second-order valence-corrected chi connectivity index (χ2v) is 20.7. The van der Waals surface area contributed by atoms with E-state index in [-0.39, 0.29) is 57.2 Å². The Morgan fingerprint density at radius 3 is 1.50 bits per heavy atom. The number of amides is 6. The van der Waals surface area contributed by atoms with E-state index in [0.717, 1.165) is 17.1 Å². The molecule has 29 nitrogen and oxygen atoms in total. The molecule has 4 atom stereocenters. The molecule has 1 aromatic heterocycles. The molecule has 0 fully saturated rings. The molecule has 7 N–H and O–H groups in total. The molecule has 86 heavy (non-hydrogen) atoms. The first-order valence-corrected chi connectivity index (χ1v) is 29.1. The summed E-state index contributed by atoms with van der Waals surface area (Å²) in [6.45, 7) is 19.3. The van der Waals surface area contributed by atoms with E-state index in [1.807, 2.05) is 0 Å². The van der Waals surface area contributed by atoms with Crippen molar-refractivity contribution < 1.29 is 95.5 Å². The number of imide groups is 1. The molecule has 1 aliphatic heterocycles. The average Bonchev–Trinajstić information content (AvgIpc) is 2.62. The topological polar surface area (TPSA) is 351 Å². The molecule has 2 heterocycles. The lowest BCUT2D eigenvalue weighted by atomic mass is 9.97. The fourth-order valence-corrected chi connectivity index (χ4v) is 7.64. The number of carbonyl (C=O) groups excluding carboxylic acids is 6. The van der Waals surface area contributed by atoms with Gasteiger partial charge in [-0.1, -0.05) is 31.2 Å². The summed E-state index contributed by atoms with van der Waals surface area (Å²) in [5.41, 5.74) is 5.87. The maximum Gasteiger partial charge on any atom is 0.312 e. The molecule has 0 spiro atoms. The van der Waals surface area contributed by atoms with Crippen molar-refractivity contribution in [2.75, 3.05) is 171 Å². The molecule has 2 aromatic rings. The van der Waals surface area contributed by atoms with Crippen LogP contribution in [0.25, 0.3) is 0 Å². The number of anilines is 1. The number of aliphatic hydroxyl groups excluding tert-OH is 1. The summed E-state index contributed by atoms with van der Waals surface area (Å²) in [5, 5.41) is 30.8. The monoisotopic (exact) mass is 1230 g/mol. The van der Waals surface area contributed by atoms with Gasteiger partial charge in [0, 0.05) is 37.9 Å². The number of nitrogens with zero attached hydrogens (tertiary/aromatic N) is 4. The molecule has 0 saturated carbocycles. The minimum atomic E-state index is -1.47. The lowest BCUT2D eigenvalue weighted by molar-refractivity contribution is -0.154. The highest BCUT2D eigenvalue weighted by Gasteiger charge is 2.37. The van der Waals surface area contributed by atoms with Crippen molar-refractivity contribution in [1.29, 1.82) is 0 Å². The predicted molar refractivity (Wildman–Crippen MR) is 310 cm³/mol. The van der Waals surface area contributed by atoms with Crippen molar-refractivity contribution >= 4 is 41.3 Å². The van der Waals surface area contributed by atoms with Crippen LogP contribution in [0, 0.1) is 11.3 Å². The number of hydrogen-bond donors (Lipinski definition) is 6. The Kier molecular flexibility index (Phi) is 39.6. The zero-order chi connectivity index (χ0) is 62.6. The van der Waals surface area contributed by atoms with Crippen LogP contribution in [0.1, 0.15) is 71.2 Å². The largest absolute Gasteiger partial charge is 0.460 e. The Hall–Kier alpha value is -5.64. The van der Waals surface area contributed by atoms with E-state index in [0.29, 0.717) is 157 Å². The molecule has 1 unspecified atom stereocenters. The van der Waals surface area contributed by atoms with Crippen LogP contribution >= 0.6 is 0 Å². The number of aromatic nitrogens is 3. The third-order valence-corrected chi connectivity index (χ3v) is 12.2. The summed E-state index contributed by atoms with van der Waals surface area (Å²) >= 11 is 0. The van der Waals surface area contributed by atoms with E-state index in [4.69, 9.17) is 67.3 Å². The molecule has 0 bridgehead atoms. The number of ether oxygens (including phenoxy) is 13. The number of carbonyl (C=O) groups is 6. The Bertz CT molecular complexity index is 2200. The van der Waals surface area contributed by atoms with Crippen LogP contribution in [0.2, 0.25) is 0 Å². The van der Waals surface area contributed by atoms with Crippen LogP contribution in [-0.4, -0.2) is 245 Å². The van der Waals surface area contributed by atoms with Crippen molar-refractivity contribution in [3.63, 3.8) is 0 Å². The maximum absolute atomic E-state index is 14.0. The zero-order valence-corrected chi connectivity index (χ0v) is 51.0. The summed E-state index contributed by atoms with van der Waals surface area (Å²) in [5.74, 6) is -3.22. The summed E-state index contributed by atoms with van der Waals surface area (Å²) in [4.78, 5) is 78.1. The lowest BCUT2D eigenvalue weighted by Gasteiger charge is -2.30. The van der Waals surface area contributed by atoms with Gasteiger partial charge < -0.3 is 88.4 Å². The Morgan fingerprint density at radius 1 is 0.640 bits per heavy atom. The van der Waals surface area contributed by atoms with Gasteiger partial charge in [-0.25, -0.2) is 9.48 Å². The first-order chi connectivity index (χ1) is 41.5. The summed E-state index contributed by atoms with van der Waals surface area (Å²) < 4.78 is 72.4. The van der Waals surface area contributed by atoms with Gasteiger partial charge in [-0.3, -0.25) is 34.2 Å². The molecule has 6 amide bonds. The van der Waals surface area contributed by atoms with Crippen LogP contribution in [-0.2, 0) is 98.7 Å². The molecule has 29 heteroatoms. The molecule has 0 aliphatic carbocycles. The van der Waals surface area contributed by atoms with Gasteiger partial charge in [-0.2, -0.15) is 0 Å². The normalized spacial score (nSPS) is 14.0. The predicted octanol–water partition coefficient (Wildman–Crippen LogP) is 1.06. The highest BCUT2D eigenvalue weighted by Crippen LogP contribution is 2.27. The summed E-state index contributed by atoms with van der Waals surface area (Å²) in [7, 11) is 1.63. The zero-order valence-electron chi connectivity index (χ0n) is 51.0. The summed E-state index contributed by atoms with van der Waals surface area (Å²) in [6.07, 6.45) is 2.39. The first-order valence-electron chi connectivity index (χ1n) is 29.1. The lowest BCUT2D eigenvalue weighted by Crippen LogP contribution is -2.56. The van der Waals surface area contributed by atoms with Gasteiger partial charge in [0.15, 0.2) is 0 Å². The van der Waals surface area contributed by atoms with E-state index in [1.165, 1.54) is 4.68 Å². The van der Waals surface area contributed by atoms with Gasteiger partial charge in [-0.15, -0.1) is 5.10 Å². The van der Waals surface area contributed by atoms with Crippen LogP contribution < -0.4 is 27.0 Å². The van der Waals surface area contributed by atoms with Gasteiger partial charge in [-0.05, 0) is 57.2 Å². The molecule has 1 aliphatic rings. The van der Waals surface area contributed by atoms with Crippen LogP contribution in [0.3, 0.4) is 0 Å². The summed E-state index contributed by atoms with van der Waals surface area (Å²) in [6, 6.07) is 2.65. The van der Waals surface area contributed by atoms with Crippen molar-refractivity contribution in [2.24, 2.45) is 17.1 Å². The fourth-order valence-electron chi connectivity index (χ4n) is 7.64. The van der Waals surface area contributed by atoms with Crippen molar-refractivity contribution in [1.82, 2.24) is 35.8 Å². The number of urea groups is 1. The highest BCUT2D eigenvalue weighted by molar-refractivity contribution is 6.13. The van der Waals surface area contributed by atoms with Crippen molar-refractivity contribution in [2.45, 2.75) is 91.4 Å². The van der Waals surface area contributed by atoms with Gasteiger partial charge in [0.2, 0.25) is 11.8 Å². The third-order valence-electron chi connectivity index (χ3n) is 12.2. The van der Waals surface area contributed by atoms with Gasteiger partial charge in [0.25, 0.3) is 11.8 Å². The fraction of sp³-hybridized carbons (Fsp3) is 0.719. The van der Waals surface area contributed by atoms with E-state index in [1.54, 1.807) is 72.2 Å². The smallest absolute Gasteiger partial charge is 0.312 e. The molecule has 488 valence electrons. The van der Waals surface area contributed by atoms with Crippen LogP contribution in [0.15, 0.2) is 42.6 Å². The van der Waals surface area contributed by atoms with E-state index in [9.17, 15) is 33.9 Å². The highest BCUT2D eigenvalue weighted by atomic mass is 16.6. The Labute approximate surface area is 504 Å². The standard InChI is InChI=1S/C57H95N9O20/c1-43(2)52(54(71)61-46(8-7-15-59-56(58)73)53(70)60-45-11-9-44(10-12-45)42-86-55(72)57(3,4)5)62-49(67)40-48(66-50(68)13-14-51(66)69)47-41-65(64-63-47)16-17-75-20-21-77-24-25-79-28-29-81-32-33-83-36-37-85-39-38-84-35-34-82-31-30-80-27-26-78-23-22-76-19-18-74-6/h9-14,41,43,46,48-49,52,62,67H,7-8,15-40,42H2,1-6H3,(H,60,70)(H,61,71)(H3,58,59,73)/t46-,48+,49?,52-/m0/s1. The Balaban J connectivity index is 1.28. The number of esters is 1. The van der Waals surface area contributed by atoms with Gasteiger partial charge >= 0.3 is 12.0 Å². The molecule has 0 radical (unpaired) electrons. The molecule has 3 rings (SSSR count). The van der Waals surface area contributed by atoms with Crippen molar-refractivity contribution in [3.05, 3.63) is 53.9 Å². The molecule has 1 aromatic carbocycles. The van der Waals surface area contributed by atoms with Crippen molar-refractivity contribution in [3.8, 4) is 0 Å². The molecule has 0 saturated heterocycles. The van der Waals surface area contributed by atoms with E-state index >= 15 is 0 Å². The first kappa shape index (κ1) is 74.6. The number of hydrogen-bond acceptors (Lipinski definition) is 23. The minimum absolute atomic E-state index is 0.0410. The quantitative estimate of drug-likeness (QED) is 0.0233. The van der Waals surface area contributed by atoms with Crippen LogP contribution in [0.4, 0.5) is 10.5 Å². The number of nitrogens with one attached hydrogen (secondary N) is 4. The second-order valence-electron chi connectivity index (χ2n) is 20.7. The second kappa shape index (κ2) is 45.6. The van der Waals surface area contributed by atoms with Crippen LogP contribution in [0.5, 0.6) is 0 Å². The number of aliphatic hydroxyl groups is 1. The number of methoxy groups -OCH3 is 1. The maximum atomic E-state index is 14.0. The van der Waals surface area contributed by atoms with E-state index in [2.05, 4.69) is 31.6 Å². The molecular formula is C57H95N9O20. The minimum Gasteiger partial charge on any atom is -0.460 e. The number of benzene rings is 1. The number of nitrogens with two attached hydrogens (primary N) is 1. The SMILES string of the molecule is COCCOCCOCCOCCOCCOCCOCCOCCOCCOCCOCCOCCn1cc([C@@H](CC(O)N[C@H](C(=O)N[C@@H](CCCNC(N)=O)C(=O)Nc2ccc(COC(=O)C(C)(C)C)cc2)C(C)C)N2C(=O)C=CC2=O)nn1. The van der Waals surface area contributed by atoms with Gasteiger partial charge in [0.1, 0.15) is 24.6 Å². The number of primary amides is 1. The average molecular weight is 1230 g/mol. The van der Waals surface area contributed by atoms with E-state index < -0.39 is 65.3 Å². The third kappa shape index (κ3) is 34.0.